The summed E-state index contributed by atoms with van der Waals surface area (Å²) in [7, 11) is 0. The van der Waals surface area contributed by atoms with Gasteiger partial charge in [0.1, 0.15) is 0 Å². The normalized spacial score (nSPS) is 11.7. The maximum absolute atomic E-state index is 12.7. The summed E-state index contributed by atoms with van der Waals surface area (Å²) in [5.41, 5.74) is 5.61. The minimum Gasteiger partial charge on any atom is -0.345 e. The number of nitrogens with one attached hydrogen (secondary N) is 2. The molecule has 1 unspecified atom stereocenters. The Morgan fingerprint density at radius 1 is 1.07 bits per heavy atom. The number of H-pyrrole nitrogens is 1. The second-order valence-electron chi connectivity index (χ2n) is 6.89. The van der Waals surface area contributed by atoms with Gasteiger partial charge in [0, 0.05) is 5.75 Å². The summed E-state index contributed by atoms with van der Waals surface area (Å²) in [5, 5.41) is 12.1. The predicted octanol–water partition coefficient (Wildman–Crippen LogP) is 4.57. The summed E-state index contributed by atoms with van der Waals surface area (Å²) in [6.07, 6.45) is 1.67. The minimum absolute atomic E-state index is 0.0211. The first-order valence-corrected chi connectivity index (χ1v) is 10.7. The first-order valence-electron chi connectivity index (χ1n) is 9.57. The van der Waals surface area contributed by atoms with Crippen molar-refractivity contribution in [3.05, 3.63) is 101 Å². The van der Waals surface area contributed by atoms with Gasteiger partial charge in [-0.05, 0) is 41.0 Å². The van der Waals surface area contributed by atoms with Crippen LogP contribution in [-0.4, -0.2) is 21.6 Å². The lowest BCUT2D eigenvalue weighted by Crippen LogP contribution is -2.30. The number of thioether (sulfide) groups is 1. The van der Waals surface area contributed by atoms with Gasteiger partial charge in [-0.3, -0.25) is 4.79 Å². The van der Waals surface area contributed by atoms with Crippen LogP contribution in [0.5, 0.6) is 0 Å². The number of carbonyl (C=O) groups excluding carboxylic acids is 1. The molecule has 0 aliphatic heterocycles. The van der Waals surface area contributed by atoms with E-state index in [4.69, 9.17) is 5.26 Å². The average Bonchev–Trinajstić information content (AvgIpc) is 3.26. The van der Waals surface area contributed by atoms with Gasteiger partial charge in [0.2, 0.25) is 5.91 Å². The zero-order valence-corrected chi connectivity index (χ0v) is 17.0. The highest BCUT2D eigenvalue weighted by atomic mass is 32.2. The maximum atomic E-state index is 12.7. The monoisotopic (exact) mass is 412 g/mol. The summed E-state index contributed by atoms with van der Waals surface area (Å²) >= 11 is 1.55. The number of carbonyl (C=O) groups is 1. The smallest absolute Gasteiger partial charge is 0.230 e. The van der Waals surface area contributed by atoms with Crippen molar-refractivity contribution in [1.29, 1.82) is 5.26 Å². The van der Waals surface area contributed by atoms with E-state index in [-0.39, 0.29) is 11.9 Å². The van der Waals surface area contributed by atoms with E-state index in [9.17, 15) is 4.79 Å². The molecule has 2 N–H and O–H groups in total. The highest BCUT2D eigenvalue weighted by Gasteiger charge is 2.17. The van der Waals surface area contributed by atoms with Crippen LogP contribution in [-0.2, 0) is 10.5 Å². The minimum atomic E-state index is -0.234. The molecular formula is C24H20N4OS. The van der Waals surface area contributed by atoms with Crippen molar-refractivity contribution in [3.8, 4) is 6.07 Å². The highest BCUT2D eigenvalue weighted by Crippen LogP contribution is 2.25. The Kier molecular flexibility index (Phi) is 6.11. The van der Waals surface area contributed by atoms with E-state index in [1.165, 1.54) is 0 Å². The molecule has 1 aromatic heterocycles. The molecule has 0 fully saturated rings. The van der Waals surface area contributed by atoms with E-state index in [2.05, 4.69) is 21.4 Å². The third kappa shape index (κ3) is 4.70. The second-order valence-corrected chi connectivity index (χ2v) is 7.88. The molecule has 0 aliphatic carbocycles. The highest BCUT2D eigenvalue weighted by molar-refractivity contribution is 7.99. The number of rotatable bonds is 7. The molecule has 0 radical (unpaired) electrons. The van der Waals surface area contributed by atoms with E-state index in [1.54, 1.807) is 30.2 Å². The van der Waals surface area contributed by atoms with Crippen LogP contribution in [0.25, 0.3) is 11.0 Å². The van der Waals surface area contributed by atoms with E-state index in [0.717, 1.165) is 33.5 Å². The number of amides is 1. The molecule has 6 heteroatoms. The van der Waals surface area contributed by atoms with Crippen LogP contribution in [0.4, 0.5) is 0 Å². The Bertz CT molecular complexity index is 1180. The third-order valence-electron chi connectivity index (χ3n) is 4.80. The fourth-order valence-corrected chi connectivity index (χ4v) is 4.08. The maximum Gasteiger partial charge on any atom is 0.230 e. The van der Waals surface area contributed by atoms with Gasteiger partial charge in [-0.2, -0.15) is 5.26 Å². The van der Waals surface area contributed by atoms with E-state index in [1.807, 2.05) is 60.7 Å². The largest absolute Gasteiger partial charge is 0.345 e. The number of nitriles is 1. The number of nitrogens with zero attached hydrogens (tertiary/aromatic N) is 2. The molecule has 5 nitrogen and oxygen atoms in total. The van der Waals surface area contributed by atoms with Gasteiger partial charge in [-0.25, -0.2) is 4.98 Å². The molecule has 4 rings (SSSR count). The van der Waals surface area contributed by atoms with Crippen molar-refractivity contribution >= 4 is 28.7 Å². The molecule has 0 saturated carbocycles. The predicted molar refractivity (Wildman–Crippen MR) is 120 cm³/mol. The van der Waals surface area contributed by atoms with Gasteiger partial charge in [0.15, 0.2) is 0 Å². The summed E-state index contributed by atoms with van der Waals surface area (Å²) in [6.45, 7) is 0. The van der Waals surface area contributed by atoms with E-state index in [0.29, 0.717) is 11.3 Å². The van der Waals surface area contributed by atoms with Crippen molar-refractivity contribution in [2.75, 3.05) is 5.75 Å². The van der Waals surface area contributed by atoms with E-state index < -0.39 is 0 Å². The van der Waals surface area contributed by atoms with Crippen LogP contribution in [0, 0.1) is 11.3 Å². The van der Waals surface area contributed by atoms with Crippen molar-refractivity contribution in [3.63, 3.8) is 0 Å². The molecule has 0 saturated heterocycles. The molecule has 30 heavy (non-hydrogen) atoms. The number of fused-ring (bicyclic) bond motifs is 1. The summed E-state index contributed by atoms with van der Waals surface area (Å²) in [6, 6.07) is 25.3. The summed E-state index contributed by atoms with van der Waals surface area (Å²) in [4.78, 5) is 20.1. The summed E-state index contributed by atoms with van der Waals surface area (Å²) < 4.78 is 0. The van der Waals surface area contributed by atoms with Crippen molar-refractivity contribution in [2.45, 2.75) is 11.8 Å². The van der Waals surface area contributed by atoms with Crippen LogP contribution in [0.2, 0.25) is 0 Å². The SMILES string of the molecule is N#Cc1ccc(CSCC(=O)NC(c2ccccc2)c2ccc3nc[nH]c3c2)cc1. The number of imidazole rings is 1. The van der Waals surface area contributed by atoms with Crippen molar-refractivity contribution in [2.24, 2.45) is 0 Å². The van der Waals surface area contributed by atoms with Gasteiger partial charge in [0.25, 0.3) is 0 Å². The quantitative estimate of drug-likeness (QED) is 0.466. The zero-order chi connectivity index (χ0) is 20.8. The van der Waals surface area contributed by atoms with Gasteiger partial charge in [0.05, 0.1) is 40.8 Å². The molecule has 4 aromatic rings. The Balaban J connectivity index is 1.44. The van der Waals surface area contributed by atoms with Crippen molar-refractivity contribution < 1.29 is 4.79 Å². The number of hydrogen-bond donors (Lipinski definition) is 2. The molecular weight excluding hydrogens is 392 g/mol. The van der Waals surface area contributed by atoms with Crippen molar-refractivity contribution in [1.82, 2.24) is 15.3 Å². The first-order chi connectivity index (χ1) is 14.7. The molecule has 0 aliphatic rings. The van der Waals surface area contributed by atoms with E-state index >= 15 is 0 Å². The number of benzene rings is 3. The Hall–Kier alpha value is -3.56. The standard InChI is InChI=1S/C24H20N4OS/c25-13-17-6-8-18(9-7-17)14-30-15-23(29)28-24(19-4-2-1-3-5-19)20-10-11-21-22(12-20)27-16-26-21/h1-12,16,24H,14-15H2,(H,26,27)(H,28,29). The van der Waals surface area contributed by atoms with Gasteiger partial charge >= 0.3 is 0 Å². The van der Waals surface area contributed by atoms with Crippen LogP contribution >= 0.6 is 11.8 Å². The lowest BCUT2D eigenvalue weighted by molar-refractivity contribution is -0.119. The fraction of sp³-hybridized carbons (Fsp3) is 0.125. The van der Waals surface area contributed by atoms with Gasteiger partial charge in [-0.1, -0.05) is 48.5 Å². The number of aromatic amines is 1. The molecule has 1 atom stereocenters. The zero-order valence-electron chi connectivity index (χ0n) is 16.2. The van der Waals surface area contributed by atoms with Gasteiger partial charge < -0.3 is 10.3 Å². The fourth-order valence-electron chi connectivity index (χ4n) is 3.28. The van der Waals surface area contributed by atoms with Gasteiger partial charge in [-0.15, -0.1) is 11.8 Å². The topological polar surface area (TPSA) is 81.6 Å². The Morgan fingerprint density at radius 2 is 1.87 bits per heavy atom. The molecule has 0 bridgehead atoms. The first kappa shape index (κ1) is 19.7. The second kappa shape index (κ2) is 9.29. The summed E-state index contributed by atoms with van der Waals surface area (Å²) in [5.74, 6) is 1.05. The Morgan fingerprint density at radius 3 is 2.63 bits per heavy atom. The lowest BCUT2D eigenvalue weighted by atomic mass is 9.98. The lowest BCUT2D eigenvalue weighted by Gasteiger charge is -2.20. The van der Waals surface area contributed by atoms with Crippen LogP contribution in [0.1, 0.15) is 28.3 Å². The average molecular weight is 413 g/mol. The number of hydrogen-bond acceptors (Lipinski definition) is 4. The van der Waals surface area contributed by atoms with Crippen LogP contribution < -0.4 is 5.32 Å². The molecule has 1 heterocycles. The van der Waals surface area contributed by atoms with Crippen LogP contribution in [0.15, 0.2) is 79.1 Å². The number of aromatic nitrogens is 2. The Labute approximate surface area is 179 Å². The van der Waals surface area contributed by atoms with Crippen LogP contribution in [0.3, 0.4) is 0 Å². The third-order valence-corrected chi connectivity index (χ3v) is 5.80. The molecule has 0 spiro atoms. The molecule has 3 aromatic carbocycles. The molecule has 148 valence electrons. The molecule has 1 amide bonds.